The number of carbonyl (C=O) groups excluding carboxylic acids is 1. The number of ether oxygens (including phenoxy) is 2. The summed E-state index contributed by atoms with van der Waals surface area (Å²) in [6, 6.07) is 5.55. The number of carbonyl (C=O) groups is 1. The molecular weight excluding hydrogens is 262 g/mol. The zero-order chi connectivity index (χ0) is 10.8. The largest absolute Gasteiger partial charge is 0.496 e. The molecule has 0 radical (unpaired) electrons. The lowest BCUT2D eigenvalue weighted by atomic mass is 10.1. The van der Waals surface area contributed by atoms with E-state index in [0.717, 1.165) is 15.8 Å². The predicted octanol–water partition coefficient (Wildman–Crippen LogP) is 2.24. The van der Waals surface area contributed by atoms with Crippen LogP contribution in [0.3, 0.4) is 0 Å². The SMILES string of the molecule is COc1cc(Br)ccc1[C@@H]1COC(=O)N1. The number of halogens is 1. The Morgan fingerprint density at radius 1 is 1.60 bits per heavy atom. The van der Waals surface area contributed by atoms with Crippen LogP contribution in [0.4, 0.5) is 4.79 Å². The van der Waals surface area contributed by atoms with E-state index in [4.69, 9.17) is 9.47 Å². The molecule has 1 aliphatic rings. The van der Waals surface area contributed by atoms with Gasteiger partial charge in [-0.2, -0.15) is 0 Å². The Morgan fingerprint density at radius 3 is 3.00 bits per heavy atom. The monoisotopic (exact) mass is 271 g/mol. The Hall–Kier alpha value is -1.23. The third kappa shape index (κ3) is 2.07. The van der Waals surface area contributed by atoms with Crippen LogP contribution in [-0.4, -0.2) is 19.8 Å². The van der Waals surface area contributed by atoms with Crippen LogP contribution in [0.15, 0.2) is 22.7 Å². The lowest BCUT2D eigenvalue weighted by Gasteiger charge is -2.12. The van der Waals surface area contributed by atoms with E-state index in [-0.39, 0.29) is 12.1 Å². The molecule has 1 N–H and O–H groups in total. The Labute approximate surface area is 95.7 Å². The molecule has 0 aromatic heterocycles. The first-order valence-corrected chi connectivity index (χ1v) is 5.26. The molecule has 15 heavy (non-hydrogen) atoms. The van der Waals surface area contributed by atoms with Crippen LogP contribution in [0.2, 0.25) is 0 Å². The van der Waals surface area contributed by atoms with E-state index >= 15 is 0 Å². The maximum Gasteiger partial charge on any atom is 0.407 e. The number of hydrogen-bond donors (Lipinski definition) is 1. The summed E-state index contributed by atoms with van der Waals surface area (Å²) < 4.78 is 11.0. The second kappa shape index (κ2) is 4.10. The average Bonchev–Trinajstić information content (AvgIpc) is 2.64. The number of nitrogens with one attached hydrogen (secondary N) is 1. The van der Waals surface area contributed by atoms with Crippen LogP contribution in [0, 0.1) is 0 Å². The van der Waals surface area contributed by atoms with Gasteiger partial charge < -0.3 is 14.8 Å². The van der Waals surface area contributed by atoms with Crippen LogP contribution in [-0.2, 0) is 4.74 Å². The first-order chi connectivity index (χ1) is 7.20. The van der Waals surface area contributed by atoms with Gasteiger partial charge in [0.1, 0.15) is 12.4 Å². The normalized spacial score (nSPS) is 19.6. The van der Waals surface area contributed by atoms with Crippen molar-refractivity contribution >= 4 is 22.0 Å². The van der Waals surface area contributed by atoms with Crippen molar-refractivity contribution in [3.8, 4) is 5.75 Å². The third-order valence-electron chi connectivity index (χ3n) is 2.24. The summed E-state index contributed by atoms with van der Waals surface area (Å²) in [5.41, 5.74) is 0.923. The summed E-state index contributed by atoms with van der Waals surface area (Å²) in [4.78, 5) is 10.9. The molecular formula is C10H10BrNO3. The van der Waals surface area contributed by atoms with Crippen molar-refractivity contribution in [1.82, 2.24) is 5.32 Å². The van der Waals surface area contributed by atoms with Gasteiger partial charge in [0, 0.05) is 10.0 Å². The fraction of sp³-hybridized carbons (Fsp3) is 0.300. The zero-order valence-corrected chi connectivity index (χ0v) is 9.71. The summed E-state index contributed by atoms with van der Waals surface area (Å²) in [7, 11) is 1.60. The van der Waals surface area contributed by atoms with Gasteiger partial charge in [0.05, 0.1) is 13.2 Å². The highest BCUT2D eigenvalue weighted by Gasteiger charge is 2.26. The van der Waals surface area contributed by atoms with Gasteiger partial charge >= 0.3 is 6.09 Å². The second-order valence-electron chi connectivity index (χ2n) is 3.18. The molecule has 1 heterocycles. The van der Waals surface area contributed by atoms with E-state index in [1.165, 1.54) is 0 Å². The third-order valence-corrected chi connectivity index (χ3v) is 2.74. The maximum atomic E-state index is 10.9. The standard InChI is InChI=1S/C10H10BrNO3/c1-14-9-4-6(11)2-3-7(9)8-5-15-10(13)12-8/h2-4,8H,5H2,1H3,(H,12,13)/t8-/m0/s1. The molecule has 4 nitrogen and oxygen atoms in total. The van der Waals surface area contributed by atoms with Gasteiger partial charge in [0.2, 0.25) is 0 Å². The number of hydrogen-bond acceptors (Lipinski definition) is 3. The quantitative estimate of drug-likeness (QED) is 0.898. The molecule has 0 bridgehead atoms. The topological polar surface area (TPSA) is 47.6 Å². The van der Waals surface area contributed by atoms with Crippen LogP contribution in [0.5, 0.6) is 5.75 Å². The van der Waals surface area contributed by atoms with Gasteiger partial charge in [-0.1, -0.05) is 22.0 Å². The zero-order valence-electron chi connectivity index (χ0n) is 8.12. The van der Waals surface area contributed by atoms with Crippen LogP contribution >= 0.6 is 15.9 Å². The molecule has 1 aromatic rings. The fourth-order valence-electron chi connectivity index (χ4n) is 1.52. The lowest BCUT2D eigenvalue weighted by molar-refractivity contribution is 0.177. The second-order valence-corrected chi connectivity index (χ2v) is 4.10. The Kier molecular flexibility index (Phi) is 2.81. The molecule has 0 saturated carbocycles. The van der Waals surface area contributed by atoms with E-state index in [1.54, 1.807) is 7.11 Å². The molecule has 2 rings (SSSR count). The molecule has 1 fully saturated rings. The molecule has 0 unspecified atom stereocenters. The molecule has 0 aliphatic carbocycles. The summed E-state index contributed by atoms with van der Waals surface area (Å²) >= 11 is 3.36. The van der Waals surface area contributed by atoms with Crippen molar-refractivity contribution in [2.45, 2.75) is 6.04 Å². The minimum absolute atomic E-state index is 0.124. The summed E-state index contributed by atoms with van der Waals surface area (Å²) in [5, 5.41) is 2.71. The Morgan fingerprint density at radius 2 is 2.40 bits per heavy atom. The van der Waals surface area contributed by atoms with Gasteiger partial charge in [0.15, 0.2) is 0 Å². The van der Waals surface area contributed by atoms with Gasteiger partial charge in [-0.15, -0.1) is 0 Å². The van der Waals surface area contributed by atoms with Gasteiger partial charge in [-0.25, -0.2) is 4.79 Å². The fourth-order valence-corrected chi connectivity index (χ4v) is 1.87. The molecule has 1 saturated heterocycles. The highest BCUT2D eigenvalue weighted by molar-refractivity contribution is 9.10. The molecule has 5 heteroatoms. The number of rotatable bonds is 2. The lowest BCUT2D eigenvalue weighted by Crippen LogP contribution is -2.18. The minimum Gasteiger partial charge on any atom is -0.496 e. The van der Waals surface area contributed by atoms with E-state index in [2.05, 4.69) is 21.2 Å². The van der Waals surface area contributed by atoms with Crippen molar-refractivity contribution < 1.29 is 14.3 Å². The Balaban J connectivity index is 2.31. The molecule has 1 amide bonds. The highest BCUT2D eigenvalue weighted by atomic mass is 79.9. The summed E-state index contributed by atoms with van der Waals surface area (Å²) in [6.07, 6.45) is -0.384. The first kappa shape index (κ1) is 10.3. The van der Waals surface area contributed by atoms with E-state index < -0.39 is 0 Å². The summed E-state index contributed by atoms with van der Waals surface area (Å²) in [6.45, 7) is 0.344. The number of benzene rings is 1. The van der Waals surface area contributed by atoms with E-state index in [9.17, 15) is 4.79 Å². The molecule has 0 spiro atoms. The van der Waals surface area contributed by atoms with Crippen molar-refractivity contribution in [1.29, 1.82) is 0 Å². The predicted molar refractivity (Wildman–Crippen MR) is 57.9 cm³/mol. The molecule has 80 valence electrons. The van der Waals surface area contributed by atoms with Crippen LogP contribution in [0.1, 0.15) is 11.6 Å². The number of amides is 1. The highest BCUT2D eigenvalue weighted by Crippen LogP contribution is 2.30. The minimum atomic E-state index is -0.384. The molecule has 1 atom stereocenters. The van der Waals surface area contributed by atoms with Crippen molar-refractivity contribution in [3.63, 3.8) is 0 Å². The van der Waals surface area contributed by atoms with Crippen molar-refractivity contribution in [2.75, 3.05) is 13.7 Å². The van der Waals surface area contributed by atoms with Crippen LogP contribution in [0.25, 0.3) is 0 Å². The van der Waals surface area contributed by atoms with Crippen LogP contribution < -0.4 is 10.1 Å². The number of methoxy groups -OCH3 is 1. The van der Waals surface area contributed by atoms with Gasteiger partial charge in [0.25, 0.3) is 0 Å². The van der Waals surface area contributed by atoms with Gasteiger partial charge in [-0.3, -0.25) is 0 Å². The number of cyclic esters (lactones) is 1. The maximum absolute atomic E-state index is 10.9. The first-order valence-electron chi connectivity index (χ1n) is 4.47. The molecule has 1 aliphatic heterocycles. The van der Waals surface area contributed by atoms with Crippen molar-refractivity contribution in [3.05, 3.63) is 28.2 Å². The van der Waals surface area contributed by atoms with E-state index in [1.807, 2.05) is 18.2 Å². The number of alkyl carbamates (subject to hydrolysis) is 1. The smallest absolute Gasteiger partial charge is 0.407 e. The molecule has 1 aromatic carbocycles. The Bertz CT molecular complexity index is 394. The van der Waals surface area contributed by atoms with Gasteiger partial charge in [-0.05, 0) is 12.1 Å². The average molecular weight is 272 g/mol. The summed E-state index contributed by atoms with van der Waals surface area (Å²) in [5.74, 6) is 0.736. The van der Waals surface area contributed by atoms with Crippen molar-refractivity contribution in [2.24, 2.45) is 0 Å². The van der Waals surface area contributed by atoms with E-state index in [0.29, 0.717) is 6.61 Å².